The number of ether oxygens (including phenoxy) is 1. The number of methoxy groups -OCH3 is 1. The highest BCUT2D eigenvalue weighted by molar-refractivity contribution is 5.79. The van der Waals surface area contributed by atoms with E-state index >= 15 is 0 Å². The molecular formula is C14H13N3O2. The molecule has 0 saturated heterocycles. The zero-order valence-corrected chi connectivity index (χ0v) is 10.5. The van der Waals surface area contributed by atoms with E-state index in [0.29, 0.717) is 12.4 Å². The molecule has 0 fully saturated rings. The van der Waals surface area contributed by atoms with Gasteiger partial charge >= 0.3 is 0 Å². The van der Waals surface area contributed by atoms with Crippen LogP contribution in [0.5, 0.6) is 0 Å². The molecule has 2 aromatic heterocycles. The maximum Gasteiger partial charge on any atom is 0.172 e. The summed E-state index contributed by atoms with van der Waals surface area (Å²) in [7, 11) is 1.62. The van der Waals surface area contributed by atoms with Crippen molar-refractivity contribution < 1.29 is 9.26 Å². The number of imidazole rings is 1. The third-order valence-electron chi connectivity index (χ3n) is 2.84. The van der Waals surface area contributed by atoms with Crippen LogP contribution >= 0.6 is 0 Å². The van der Waals surface area contributed by atoms with Gasteiger partial charge in [-0.05, 0) is 0 Å². The molecule has 2 heterocycles. The second-order valence-corrected chi connectivity index (χ2v) is 4.08. The van der Waals surface area contributed by atoms with E-state index in [9.17, 15) is 0 Å². The minimum Gasteiger partial charge on any atom is -0.377 e. The molecule has 0 spiro atoms. The van der Waals surface area contributed by atoms with Crippen molar-refractivity contribution in [1.29, 1.82) is 0 Å². The summed E-state index contributed by atoms with van der Waals surface area (Å²) in [4.78, 5) is 7.22. The Balaban J connectivity index is 2.15. The van der Waals surface area contributed by atoms with Crippen molar-refractivity contribution >= 4 is 0 Å². The van der Waals surface area contributed by atoms with E-state index in [1.165, 1.54) is 0 Å². The highest BCUT2D eigenvalue weighted by atomic mass is 16.5. The van der Waals surface area contributed by atoms with E-state index in [1.807, 2.05) is 36.5 Å². The third kappa shape index (κ3) is 2.15. The van der Waals surface area contributed by atoms with Crippen LogP contribution in [0.3, 0.4) is 0 Å². The van der Waals surface area contributed by atoms with E-state index < -0.39 is 0 Å². The largest absolute Gasteiger partial charge is 0.377 e. The van der Waals surface area contributed by atoms with Crippen molar-refractivity contribution in [1.82, 2.24) is 15.1 Å². The van der Waals surface area contributed by atoms with Crippen molar-refractivity contribution in [3.05, 3.63) is 48.6 Å². The van der Waals surface area contributed by atoms with Crippen molar-refractivity contribution in [2.75, 3.05) is 7.11 Å². The molecule has 0 aliphatic carbocycles. The number of aromatic nitrogens is 3. The van der Waals surface area contributed by atoms with Gasteiger partial charge in [0.1, 0.15) is 12.3 Å². The van der Waals surface area contributed by atoms with E-state index in [1.54, 1.807) is 13.4 Å². The summed E-state index contributed by atoms with van der Waals surface area (Å²) in [6.07, 6.45) is 3.45. The lowest BCUT2D eigenvalue weighted by Gasteiger charge is -2.00. The van der Waals surface area contributed by atoms with Gasteiger partial charge in [-0.3, -0.25) is 0 Å². The summed E-state index contributed by atoms with van der Waals surface area (Å²) >= 11 is 0. The first kappa shape index (κ1) is 11.7. The third-order valence-corrected chi connectivity index (χ3v) is 2.84. The molecule has 0 radical (unpaired) electrons. The lowest BCUT2D eigenvalue weighted by molar-refractivity contribution is 0.156. The maximum absolute atomic E-state index is 5.39. The van der Waals surface area contributed by atoms with Crippen LogP contribution in [-0.4, -0.2) is 22.2 Å². The van der Waals surface area contributed by atoms with Gasteiger partial charge in [-0.15, -0.1) is 0 Å². The number of H-pyrrole nitrogens is 1. The minimum absolute atomic E-state index is 0.363. The minimum atomic E-state index is 0.363. The normalized spacial score (nSPS) is 10.8. The van der Waals surface area contributed by atoms with Crippen molar-refractivity contribution in [2.45, 2.75) is 6.61 Å². The zero-order valence-electron chi connectivity index (χ0n) is 10.5. The fraction of sp³-hybridized carbons (Fsp3) is 0.143. The fourth-order valence-corrected chi connectivity index (χ4v) is 2.01. The number of nitrogens with one attached hydrogen (secondary N) is 1. The second-order valence-electron chi connectivity index (χ2n) is 4.08. The van der Waals surface area contributed by atoms with Crippen LogP contribution < -0.4 is 0 Å². The SMILES string of the molecule is COCc1onc(-c2ccccc2)c1-c1c[nH]cn1. The molecule has 96 valence electrons. The first-order valence-corrected chi connectivity index (χ1v) is 5.92. The average Bonchev–Trinajstić information content (AvgIpc) is 3.08. The lowest BCUT2D eigenvalue weighted by Crippen LogP contribution is -1.89. The van der Waals surface area contributed by atoms with Crippen LogP contribution in [0.1, 0.15) is 5.76 Å². The Bertz CT molecular complexity index is 645. The molecule has 3 rings (SSSR count). The highest BCUT2D eigenvalue weighted by Gasteiger charge is 2.20. The molecule has 19 heavy (non-hydrogen) atoms. The zero-order chi connectivity index (χ0) is 13.1. The Morgan fingerprint density at radius 3 is 2.79 bits per heavy atom. The van der Waals surface area contributed by atoms with Crippen LogP contribution in [-0.2, 0) is 11.3 Å². The van der Waals surface area contributed by atoms with Crippen molar-refractivity contribution in [3.63, 3.8) is 0 Å². The maximum atomic E-state index is 5.39. The Kier molecular flexibility index (Phi) is 3.12. The molecule has 0 aliphatic rings. The Labute approximate surface area is 110 Å². The van der Waals surface area contributed by atoms with Crippen LogP contribution in [0.4, 0.5) is 0 Å². The molecule has 0 bridgehead atoms. The lowest BCUT2D eigenvalue weighted by atomic mass is 10.0. The predicted octanol–water partition coefficient (Wildman–Crippen LogP) is 2.88. The van der Waals surface area contributed by atoms with Gasteiger partial charge in [-0.25, -0.2) is 4.98 Å². The van der Waals surface area contributed by atoms with Gasteiger partial charge < -0.3 is 14.2 Å². The Morgan fingerprint density at radius 1 is 1.26 bits per heavy atom. The van der Waals surface area contributed by atoms with E-state index in [0.717, 1.165) is 22.5 Å². The molecule has 0 amide bonds. The quantitative estimate of drug-likeness (QED) is 0.778. The second kappa shape index (κ2) is 5.07. The van der Waals surface area contributed by atoms with Crippen LogP contribution in [0, 0.1) is 0 Å². The molecule has 3 aromatic rings. The number of hydrogen-bond donors (Lipinski definition) is 1. The standard InChI is InChI=1S/C14H13N3O2/c1-18-8-12-13(11-7-15-9-16-11)14(17-19-12)10-5-3-2-4-6-10/h2-7,9H,8H2,1H3,(H,15,16). The first-order chi connectivity index (χ1) is 9.40. The molecule has 0 unspecified atom stereocenters. The van der Waals surface area contributed by atoms with Gasteiger partial charge in [0, 0.05) is 18.9 Å². The highest BCUT2D eigenvalue weighted by Crippen LogP contribution is 2.33. The van der Waals surface area contributed by atoms with E-state index in [4.69, 9.17) is 9.26 Å². The number of rotatable bonds is 4. The van der Waals surface area contributed by atoms with Gasteiger partial charge in [-0.1, -0.05) is 35.5 Å². The monoisotopic (exact) mass is 255 g/mol. The smallest absolute Gasteiger partial charge is 0.172 e. The summed E-state index contributed by atoms with van der Waals surface area (Å²) in [6.45, 7) is 0.363. The van der Waals surface area contributed by atoms with Gasteiger partial charge in [0.2, 0.25) is 0 Å². The summed E-state index contributed by atoms with van der Waals surface area (Å²) in [5.74, 6) is 0.674. The van der Waals surface area contributed by atoms with Gasteiger partial charge in [0.05, 0.1) is 17.6 Å². The van der Waals surface area contributed by atoms with Crippen molar-refractivity contribution in [2.24, 2.45) is 0 Å². The Morgan fingerprint density at radius 2 is 2.11 bits per heavy atom. The van der Waals surface area contributed by atoms with Gasteiger partial charge in [0.15, 0.2) is 5.76 Å². The molecule has 0 atom stereocenters. The van der Waals surface area contributed by atoms with Crippen LogP contribution in [0.15, 0.2) is 47.4 Å². The van der Waals surface area contributed by atoms with E-state index in [2.05, 4.69) is 15.1 Å². The van der Waals surface area contributed by atoms with Gasteiger partial charge in [0.25, 0.3) is 0 Å². The number of aromatic amines is 1. The molecule has 0 aliphatic heterocycles. The average molecular weight is 255 g/mol. The molecule has 5 heteroatoms. The van der Waals surface area contributed by atoms with Crippen LogP contribution in [0.25, 0.3) is 22.5 Å². The summed E-state index contributed by atoms with van der Waals surface area (Å²) in [6, 6.07) is 9.88. The molecule has 1 aromatic carbocycles. The molecular weight excluding hydrogens is 242 g/mol. The topological polar surface area (TPSA) is 63.9 Å². The Hall–Kier alpha value is -2.40. The fourth-order valence-electron chi connectivity index (χ4n) is 2.01. The summed E-state index contributed by atoms with van der Waals surface area (Å²) < 4.78 is 10.5. The molecule has 0 saturated carbocycles. The summed E-state index contributed by atoms with van der Waals surface area (Å²) in [5.41, 5.74) is 3.44. The molecule has 5 nitrogen and oxygen atoms in total. The first-order valence-electron chi connectivity index (χ1n) is 5.92. The van der Waals surface area contributed by atoms with E-state index in [-0.39, 0.29) is 0 Å². The summed E-state index contributed by atoms with van der Waals surface area (Å²) in [5, 5.41) is 4.15. The van der Waals surface area contributed by atoms with Crippen LogP contribution in [0.2, 0.25) is 0 Å². The number of hydrogen-bond acceptors (Lipinski definition) is 4. The number of nitrogens with zero attached hydrogens (tertiary/aromatic N) is 2. The predicted molar refractivity (Wildman–Crippen MR) is 70.2 cm³/mol. The van der Waals surface area contributed by atoms with Gasteiger partial charge in [-0.2, -0.15) is 0 Å². The van der Waals surface area contributed by atoms with Crippen molar-refractivity contribution in [3.8, 4) is 22.5 Å². The number of benzene rings is 1. The molecule has 1 N–H and O–H groups in total.